The summed E-state index contributed by atoms with van der Waals surface area (Å²) in [6, 6.07) is 4.22. The van der Waals surface area contributed by atoms with E-state index in [1.54, 1.807) is 11.9 Å². The van der Waals surface area contributed by atoms with Crippen molar-refractivity contribution in [3.63, 3.8) is 0 Å². The van der Waals surface area contributed by atoms with Crippen LogP contribution in [-0.4, -0.2) is 61.4 Å². The van der Waals surface area contributed by atoms with E-state index in [1.807, 2.05) is 4.90 Å². The van der Waals surface area contributed by atoms with Gasteiger partial charge in [-0.2, -0.15) is 13.2 Å². The van der Waals surface area contributed by atoms with Crippen molar-refractivity contribution in [2.45, 2.75) is 6.18 Å². The molecule has 126 valence electrons. The summed E-state index contributed by atoms with van der Waals surface area (Å²) in [4.78, 5) is 27.1. The lowest BCUT2D eigenvalue weighted by molar-refractivity contribution is -0.137. The van der Waals surface area contributed by atoms with Crippen molar-refractivity contribution in [1.82, 2.24) is 15.1 Å². The normalized spacial score (nSPS) is 16.3. The van der Waals surface area contributed by atoms with E-state index in [1.165, 1.54) is 12.1 Å². The van der Waals surface area contributed by atoms with Gasteiger partial charge in [0.2, 0.25) is 5.91 Å². The summed E-state index contributed by atoms with van der Waals surface area (Å²) in [5.41, 5.74) is -0.540. The Morgan fingerprint density at radius 3 is 2.13 bits per heavy atom. The summed E-state index contributed by atoms with van der Waals surface area (Å²) in [5, 5.41) is 2.54. The van der Waals surface area contributed by atoms with Crippen molar-refractivity contribution in [3.05, 3.63) is 35.4 Å². The molecule has 23 heavy (non-hydrogen) atoms. The van der Waals surface area contributed by atoms with Gasteiger partial charge in [-0.3, -0.25) is 14.5 Å². The molecular weight excluding hydrogens is 311 g/mol. The molecule has 0 unspecified atom stereocenters. The van der Waals surface area contributed by atoms with E-state index in [9.17, 15) is 22.8 Å². The number of piperazine rings is 1. The molecule has 1 N–H and O–H groups in total. The minimum Gasteiger partial charge on any atom is -0.358 e. The molecule has 0 aromatic heterocycles. The Hall–Kier alpha value is -2.09. The van der Waals surface area contributed by atoms with Crippen LogP contribution in [0.2, 0.25) is 0 Å². The largest absolute Gasteiger partial charge is 0.416 e. The molecule has 0 atom stereocenters. The number of alkyl halides is 3. The molecule has 8 heteroatoms. The Balaban J connectivity index is 1.93. The second kappa shape index (κ2) is 6.99. The Kier molecular flexibility index (Phi) is 5.25. The summed E-state index contributed by atoms with van der Waals surface area (Å²) in [7, 11) is 1.56. The van der Waals surface area contributed by atoms with E-state index in [2.05, 4.69) is 5.32 Å². The van der Waals surface area contributed by atoms with Crippen LogP contribution in [0, 0.1) is 0 Å². The van der Waals surface area contributed by atoms with Crippen molar-refractivity contribution < 1.29 is 22.8 Å². The number of carbonyl (C=O) groups is 2. The van der Waals surface area contributed by atoms with Crippen molar-refractivity contribution in [1.29, 1.82) is 0 Å². The predicted octanol–water partition coefficient (Wildman–Crippen LogP) is 1.21. The molecule has 0 saturated carbocycles. The highest BCUT2D eigenvalue weighted by molar-refractivity contribution is 5.94. The molecule has 1 saturated heterocycles. The maximum absolute atomic E-state index is 12.5. The SMILES string of the molecule is CNC(=O)CN1CCN(C(=O)c2ccc(C(F)(F)F)cc2)CC1. The molecule has 1 fully saturated rings. The predicted molar refractivity (Wildman–Crippen MR) is 77.9 cm³/mol. The van der Waals surface area contributed by atoms with Gasteiger partial charge in [-0.25, -0.2) is 0 Å². The zero-order chi connectivity index (χ0) is 17.0. The van der Waals surface area contributed by atoms with Gasteiger partial charge in [0, 0.05) is 38.8 Å². The molecule has 1 aromatic rings. The number of benzene rings is 1. The van der Waals surface area contributed by atoms with Gasteiger partial charge >= 0.3 is 6.18 Å². The Labute approximate surface area is 132 Å². The fourth-order valence-electron chi connectivity index (χ4n) is 2.38. The van der Waals surface area contributed by atoms with Crippen LogP contribution in [-0.2, 0) is 11.0 Å². The maximum Gasteiger partial charge on any atom is 0.416 e. The monoisotopic (exact) mass is 329 g/mol. The first-order chi connectivity index (χ1) is 10.8. The van der Waals surface area contributed by atoms with E-state index in [-0.39, 0.29) is 23.9 Å². The summed E-state index contributed by atoms with van der Waals surface area (Å²) in [6.07, 6.45) is -4.41. The zero-order valence-electron chi connectivity index (χ0n) is 12.7. The first kappa shape index (κ1) is 17.3. The highest BCUT2D eigenvalue weighted by Crippen LogP contribution is 2.29. The summed E-state index contributed by atoms with van der Waals surface area (Å²) >= 11 is 0. The third-order valence-electron chi connectivity index (χ3n) is 3.76. The topological polar surface area (TPSA) is 52.7 Å². The van der Waals surface area contributed by atoms with Crippen molar-refractivity contribution in [2.24, 2.45) is 0 Å². The van der Waals surface area contributed by atoms with Gasteiger partial charge in [0.05, 0.1) is 12.1 Å². The number of likely N-dealkylation sites (N-methyl/N-ethyl adjacent to an activating group) is 1. The number of nitrogens with zero attached hydrogens (tertiary/aromatic N) is 2. The number of halogens is 3. The van der Waals surface area contributed by atoms with Crippen LogP contribution in [0.1, 0.15) is 15.9 Å². The summed E-state index contributed by atoms with van der Waals surface area (Å²) in [6.45, 7) is 2.27. The molecular formula is C15H18F3N3O2. The van der Waals surface area contributed by atoms with Crippen molar-refractivity contribution >= 4 is 11.8 Å². The lowest BCUT2D eigenvalue weighted by Crippen LogP contribution is -2.50. The van der Waals surface area contributed by atoms with Crippen LogP contribution < -0.4 is 5.32 Å². The quantitative estimate of drug-likeness (QED) is 0.907. The lowest BCUT2D eigenvalue weighted by atomic mass is 10.1. The second-order valence-electron chi connectivity index (χ2n) is 5.32. The smallest absolute Gasteiger partial charge is 0.358 e. The third-order valence-corrected chi connectivity index (χ3v) is 3.76. The Morgan fingerprint density at radius 2 is 1.65 bits per heavy atom. The standard InChI is InChI=1S/C15H18F3N3O2/c1-19-13(22)10-20-6-8-21(9-7-20)14(23)11-2-4-12(5-3-11)15(16,17)18/h2-5H,6-10H2,1H3,(H,19,22). The van der Waals surface area contributed by atoms with Gasteiger partial charge in [-0.1, -0.05) is 0 Å². The Bertz CT molecular complexity index is 564. The van der Waals surface area contributed by atoms with Gasteiger partial charge in [-0.15, -0.1) is 0 Å². The first-order valence-electron chi connectivity index (χ1n) is 7.20. The van der Waals surface area contributed by atoms with E-state index in [4.69, 9.17) is 0 Å². The van der Waals surface area contributed by atoms with E-state index >= 15 is 0 Å². The molecule has 0 bridgehead atoms. The molecule has 2 amide bonds. The van der Waals surface area contributed by atoms with Crippen molar-refractivity contribution in [3.8, 4) is 0 Å². The van der Waals surface area contributed by atoms with Crippen LogP contribution in [0.15, 0.2) is 24.3 Å². The molecule has 5 nitrogen and oxygen atoms in total. The average Bonchev–Trinajstić information content (AvgIpc) is 2.54. The number of rotatable bonds is 3. The third kappa shape index (κ3) is 4.44. The number of hydrogen-bond acceptors (Lipinski definition) is 3. The fraction of sp³-hybridized carbons (Fsp3) is 0.467. The molecule has 1 aliphatic rings. The van der Waals surface area contributed by atoms with Gasteiger partial charge < -0.3 is 10.2 Å². The number of nitrogens with one attached hydrogen (secondary N) is 1. The minimum atomic E-state index is -4.41. The molecule has 2 rings (SSSR count). The summed E-state index contributed by atoms with van der Waals surface area (Å²) in [5.74, 6) is -0.383. The van der Waals surface area contributed by atoms with E-state index in [0.29, 0.717) is 26.2 Å². The van der Waals surface area contributed by atoms with Gasteiger partial charge in [0.25, 0.3) is 5.91 Å². The molecule has 1 aliphatic heterocycles. The van der Waals surface area contributed by atoms with Crippen LogP contribution >= 0.6 is 0 Å². The maximum atomic E-state index is 12.5. The summed E-state index contributed by atoms with van der Waals surface area (Å²) < 4.78 is 37.6. The Morgan fingerprint density at radius 1 is 1.09 bits per heavy atom. The second-order valence-corrected chi connectivity index (χ2v) is 5.32. The van der Waals surface area contributed by atoms with Crippen LogP contribution in [0.25, 0.3) is 0 Å². The molecule has 1 aromatic carbocycles. The fourth-order valence-corrected chi connectivity index (χ4v) is 2.38. The number of carbonyl (C=O) groups excluding carboxylic acids is 2. The number of hydrogen-bond donors (Lipinski definition) is 1. The number of amides is 2. The zero-order valence-corrected chi connectivity index (χ0v) is 12.7. The van der Waals surface area contributed by atoms with E-state index < -0.39 is 11.7 Å². The van der Waals surface area contributed by atoms with Crippen molar-refractivity contribution in [2.75, 3.05) is 39.8 Å². The highest BCUT2D eigenvalue weighted by atomic mass is 19.4. The van der Waals surface area contributed by atoms with E-state index in [0.717, 1.165) is 12.1 Å². The minimum absolute atomic E-state index is 0.0903. The van der Waals surface area contributed by atoms with Gasteiger partial charge in [-0.05, 0) is 24.3 Å². The highest BCUT2D eigenvalue weighted by Gasteiger charge is 2.30. The first-order valence-corrected chi connectivity index (χ1v) is 7.20. The van der Waals surface area contributed by atoms with Crippen LogP contribution in [0.3, 0.4) is 0 Å². The molecule has 1 heterocycles. The average molecular weight is 329 g/mol. The molecule has 0 radical (unpaired) electrons. The van der Waals surface area contributed by atoms with Gasteiger partial charge in [0.15, 0.2) is 0 Å². The van der Waals surface area contributed by atoms with Crippen LogP contribution in [0.4, 0.5) is 13.2 Å². The van der Waals surface area contributed by atoms with Gasteiger partial charge in [0.1, 0.15) is 0 Å². The molecule has 0 aliphatic carbocycles. The molecule has 0 spiro atoms. The lowest BCUT2D eigenvalue weighted by Gasteiger charge is -2.34. The van der Waals surface area contributed by atoms with Crippen LogP contribution in [0.5, 0.6) is 0 Å².